The molecule has 0 radical (unpaired) electrons. The Balaban J connectivity index is 0.00000127. The number of benzene rings is 1. The lowest BCUT2D eigenvalue weighted by molar-refractivity contribution is -0.127. The van der Waals surface area contributed by atoms with Gasteiger partial charge in [0.05, 0.1) is 12.2 Å². The van der Waals surface area contributed by atoms with Crippen molar-refractivity contribution in [2.24, 2.45) is 0 Å². The van der Waals surface area contributed by atoms with E-state index in [2.05, 4.69) is 0 Å². The second-order valence-electron chi connectivity index (χ2n) is 6.11. The van der Waals surface area contributed by atoms with Gasteiger partial charge in [0.2, 0.25) is 5.79 Å². The van der Waals surface area contributed by atoms with E-state index in [1.54, 1.807) is 39.2 Å². The van der Waals surface area contributed by atoms with E-state index in [4.69, 9.17) is 18.9 Å². The Bertz CT molecular complexity index is 534. The minimum atomic E-state index is -0.958. The Morgan fingerprint density at radius 3 is 2.43 bits per heavy atom. The molecule has 0 bridgehead atoms. The van der Waals surface area contributed by atoms with Gasteiger partial charge in [-0.2, -0.15) is 0 Å². The van der Waals surface area contributed by atoms with Crippen LogP contribution in [-0.4, -0.2) is 31.1 Å². The van der Waals surface area contributed by atoms with Gasteiger partial charge in [-0.05, 0) is 26.0 Å². The Morgan fingerprint density at radius 2 is 1.83 bits per heavy atom. The highest BCUT2D eigenvalue weighted by Crippen LogP contribution is 2.34. The molecule has 130 valence electrons. The van der Waals surface area contributed by atoms with Crippen LogP contribution in [0.2, 0.25) is 0 Å². The maximum Gasteiger partial charge on any atom is 0.345 e. The monoisotopic (exact) mass is 324 g/mol. The molecule has 1 aliphatic heterocycles. The maximum absolute atomic E-state index is 11.8. The highest BCUT2D eigenvalue weighted by Gasteiger charge is 2.34. The lowest BCUT2D eigenvalue weighted by Crippen LogP contribution is -2.38. The number of hydrogen-bond acceptors (Lipinski definition) is 5. The standard InChI is InChI=1S/C16H22O5.C2H6/c1-15(2,18-5)8-9-19-11-6-7-12-13(10-11)20-16(3,4)21-14(12)17;1-2/h6-7,10H,8-9H2,1-5H3;1-2H3. The third-order valence-corrected chi connectivity index (χ3v) is 3.39. The summed E-state index contributed by atoms with van der Waals surface area (Å²) in [4.78, 5) is 11.8. The molecule has 1 aromatic rings. The summed E-state index contributed by atoms with van der Waals surface area (Å²) in [5, 5.41) is 0. The van der Waals surface area contributed by atoms with E-state index in [-0.39, 0.29) is 11.6 Å². The third-order valence-electron chi connectivity index (χ3n) is 3.39. The Kier molecular flexibility index (Phi) is 6.45. The van der Waals surface area contributed by atoms with Crippen LogP contribution in [0.15, 0.2) is 18.2 Å². The molecule has 0 amide bonds. The highest BCUT2D eigenvalue weighted by molar-refractivity contribution is 5.93. The molecule has 23 heavy (non-hydrogen) atoms. The smallest absolute Gasteiger partial charge is 0.345 e. The molecule has 0 spiro atoms. The van der Waals surface area contributed by atoms with E-state index >= 15 is 0 Å². The predicted octanol–water partition coefficient (Wildman–Crippen LogP) is 4.19. The molecule has 1 aromatic carbocycles. The quantitative estimate of drug-likeness (QED) is 0.760. The van der Waals surface area contributed by atoms with Crippen molar-refractivity contribution in [2.75, 3.05) is 13.7 Å². The van der Waals surface area contributed by atoms with Gasteiger partial charge in [0.25, 0.3) is 0 Å². The van der Waals surface area contributed by atoms with Crippen LogP contribution in [0.4, 0.5) is 0 Å². The number of esters is 1. The number of methoxy groups -OCH3 is 1. The van der Waals surface area contributed by atoms with Gasteiger partial charge < -0.3 is 18.9 Å². The van der Waals surface area contributed by atoms with E-state index in [0.717, 1.165) is 6.42 Å². The van der Waals surface area contributed by atoms with Crippen molar-refractivity contribution >= 4 is 5.97 Å². The van der Waals surface area contributed by atoms with E-state index in [9.17, 15) is 4.79 Å². The number of cyclic esters (lactones) is 1. The van der Waals surface area contributed by atoms with Crippen LogP contribution in [0, 0.1) is 0 Å². The minimum absolute atomic E-state index is 0.226. The van der Waals surface area contributed by atoms with Crippen molar-refractivity contribution in [2.45, 2.75) is 59.4 Å². The van der Waals surface area contributed by atoms with Gasteiger partial charge >= 0.3 is 5.97 Å². The van der Waals surface area contributed by atoms with Crippen LogP contribution in [0.25, 0.3) is 0 Å². The normalized spacial score (nSPS) is 15.5. The molecule has 0 aliphatic carbocycles. The fraction of sp³-hybridized carbons (Fsp3) is 0.611. The number of ether oxygens (including phenoxy) is 4. The molecule has 5 nitrogen and oxygen atoms in total. The summed E-state index contributed by atoms with van der Waals surface area (Å²) in [7, 11) is 1.68. The Hall–Kier alpha value is -1.75. The number of carbonyl (C=O) groups excluding carboxylic acids is 1. The molecule has 0 aromatic heterocycles. The van der Waals surface area contributed by atoms with Crippen molar-refractivity contribution in [1.29, 1.82) is 0 Å². The zero-order valence-electron chi connectivity index (χ0n) is 15.2. The van der Waals surface area contributed by atoms with Gasteiger partial charge in [-0.1, -0.05) is 13.8 Å². The van der Waals surface area contributed by atoms with E-state index in [0.29, 0.717) is 23.7 Å². The first kappa shape index (κ1) is 19.3. The molecule has 2 rings (SSSR count). The SMILES string of the molecule is CC.COC(C)(C)CCOc1ccc2c(c1)OC(C)(C)OC2=O. The molecule has 0 unspecified atom stereocenters. The summed E-state index contributed by atoms with van der Waals surface area (Å²) in [6.07, 6.45) is 0.759. The van der Waals surface area contributed by atoms with Crippen LogP contribution < -0.4 is 9.47 Å². The van der Waals surface area contributed by atoms with Crippen molar-refractivity contribution in [3.63, 3.8) is 0 Å². The van der Waals surface area contributed by atoms with Gasteiger partial charge in [-0.3, -0.25) is 0 Å². The van der Waals surface area contributed by atoms with E-state index in [1.165, 1.54) is 0 Å². The first-order valence-corrected chi connectivity index (χ1v) is 7.97. The van der Waals surface area contributed by atoms with E-state index < -0.39 is 5.79 Å². The Morgan fingerprint density at radius 1 is 1.17 bits per heavy atom. The lowest BCUT2D eigenvalue weighted by atomic mass is 10.1. The molecule has 0 N–H and O–H groups in total. The minimum Gasteiger partial charge on any atom is -0.493 e. The van der Waals surface area contributed by atoms with Gasteiger partial charge in [0.1, 0.15) is 17.1 Å². The van der Waals surface area contributed by atoms with Crippen LogP contribution in [0.3, 0.4) is 0 Å². The van der Waals surface area contributed by atoms with Gasteiger partial charge in [0.15, 0.2) is 0 Å². The number of carbonyl (C=O) groups is 1. The van der Waals surface area contributed by atoms with Gasteiger partial charge in [-0.15, -0.1) is 0 Å². The predicted molar refractivity (Wildman–Crippen MR) is 89.1 cm³/mol. The summed E-state index contributed by atoms with van der Waals surface area (Å²) in [5.41, 5.74) is 0.190. The first-order chi connectivity index (χ1) is 10.7. The van der Waals surface area contributed by atoms with Crippen LogP contribution in [0.1, 0.15) is 58.3 Å². The van der Waals surface area contributed by atoms with Crippen molar-refractivity contribution < 1.29 is 23.7 Å². The molecular formula is C18H28O5. The van der Waals surface area contributed by atoms with Crippen molar-refractivity contribution in [1.82, 2.24) is 0 Å². The molecule has 0 atom stereocenters. The summed E-state index contributed by atoms with van der Waals surface area (Å²) in [6, 6.07) is 5.11. The zero-order valence-corrected chi connectivity index (χ0v) is 15.2. The molecule has 0 saturated carbocycles. The van der Waals surface area contributed by atoms with Crippen molar-refractivity contribution in [3.05, 3.63) is 23.8 Å². The summed E-state index contributed by atoms with van der Waals surface area (Å²) >= 11 is 0. The van der Waals surface area contributed by atoms with Crippen LogP contribution in [-0.2, 0) is 9.47 Å². The van der Waals surface area contributed by atoms with Crippen LogP contribution in [0.5, 0.6) is 11.5 Å². The lowest BCUT2D eigenvalue weighted by Gasteiger charge is -2.31. The summed E-state index contributed by atoms with van der Waals surface area (Å²) in [6.45, 7) is 11.9. The van der Waals surface area contributed by atoms with Gasteiger partial charge in [0, 0.05) is 33.4 Å². The van der Waals surface area contributed by atoms with Gasteiger partial charge in [-0.25, -0.2) is 4.79 Å². The molecule has 5 heteroatoms. The average molecular weight is 324 g/mol. The number of fused-ring (bicyclic) bond motifs is 1. The molecule has 1 aliphatic rings. The molecule has 0 saturated heterocycles. The summed E-state index contributed by atoms with van der Waals surface area (Å²) in [5.74, 6) is -0.194. The topological polar surface area (TPSA) is 54.0 Å². The summed E-state index contributed by atoms with van der Waals surface area (Å²) < 4.78 is 21.9. The highest BCUT2D eigenvalue weighted by atomic mass is 16.7. The average Bonchev–Trinajstić information content (AvgIpc) is 2.47. The number of rotatable bonds is 5. The fourth-order valence-corrected chi connectivity index (χ4v) is 1.93. The molecule has 0 fully saturated rings. The van der Waals surface area contributed by atoms with E-state index in [1.807, 2.05) is 27.7 Å². The second-order valence-corrected chi connectivity index (χ2v) is 6.11. The first-order valence-electron chi connectivity index (χ1n) is 7.97. The molecule has 1 heterocycles. The zero-order chi connectivity index (χ0) is 17.7. The third kappa shape index (κ3) is 5.43. The van der Waals surface area contributed by atoms with Crippen LogP contribution >= 0.6 is 0 Å². The Labute approximate surface area is 138 Å². The number of hydrogen-bond donors (Lipinski definition) is 0. The fourth-order valence-electron chi connectivity index (χ4n) is 1.93. The second kappa shape index (κ2) is 7.68. The maximum atomic E-state index is 11.8. The van der Waals surface area contributed by atoms with Crippen molar-refractivity contribution in [3.8, 4) is 11.5 Å². The molecular weight excluding hydrogens is 296 g/mol. The largest absolute Gasteiger partial charge is 0.493 e.